The fourth-order valence-electron chi connectivity index (χ4n) is 5.12. The fourth-order valence-corrected chi connectivity index (χ4v) is 5.34. The van der Waals surface area contributed by atoms with Gasteiger partial charge in [-0.3, -0.25) is 4.79 Å². The van der Waals surface area contributed by atoms with Crippen molar-refractivity contribution in [2.24, 2.45) is 0 Å². The van der Waals surface area contributed by atoms with Crippen LogP contribution in [0.5, 0.6) is 0 Å². The van der Waals surface area contributed by atoms with Crippen molar-refractivity contribution in [3.8, 4) is 22.3 Å². The van der Waals surface area contributed by atoms with E-state index in [-0.39, 0.29) is 11.5 Å². The summed E-state index contributed by atoms with van der Waals surface area (Å²) >= 11 is 6.59. The summed E-state index contributed by atoms with van der Waals surface area (Å²) in [6.45, 7) is 2.50. The summed E-state index contributed by atoms with van der Waals surface area (Å²) in [4.78, 5) is 27.5. The molecule has 1 aromatic heterocycles. The summed E-state index contributed by atoms with van der Waals surface area (Å²) in [5.74, 6) is -0.103. The van der Waals surface area contributed by atoms with Gasteiger partial charge in [0.15, 0.2) is 0 Å². The van der Waals surface area contributed by atoms with Gasteiger partial charge in [-0.15, -0.1) is 0 Å². The minimum atomic E-state index is -0.390. The molecule has 0 fully saturated rings. The van der Waals surface area contributed by atoms with Gasteiger partial charge >= 0.3 is 5.63 Å². The van der Waals surface area contributed by atoms with Crippen LogP contribution >= 0.6 is 11.6 Å². The lowest BCUT2D eigenvalue weighted by Crippen LogP contribution is -2.35. The van der Waals surface area contributed by atoms with Crippen molar-refractivity contribution >= 4 is 34.2 Å². The van der Waals surface area contributed by atoms with Gasteiger partial charge in [0, 0.05) is 40.2 Å². The monoisotopic (exact) mass is 505 g/mol. The zero-order chi connectivity index (χ0) is 25.5. The predicted molar refractivity (Wildman–Crippen MR) is 150 cm³/mol. The van der Waals surface area contributed by atoms with E-state index in [2.05, 4.69) is 24.3 Å². The molecule has 182 valence electrons. The number of amides is 1. The molecule has 0 saturated heterocycles. The lowest BCUT2D eigenvalue weighted by molar-refractivity contribution is 0.0985. The first-order valence-corrected chi connectivity index (χ1v) is 12.7. The highest BCUT2D eigenvalue weighted by atomic mass is 35.5. The molecule has 4 nitrogen and oxygen atoms in total. The normalized spacial score (nSPS) is 13.0. The standard InChI is InChI=1S/C32H24ClNO3/c1-20-16-31(35)37-30-19-29-24(17-26(20)30)8-5-15-34(29)32(36)25-13-14-28(33)27(18-25)23-11-9-22(10-12-23)21-6-3-2-4-7-21/h2-4,6-7,9-14,16-19H,5,8,15H2,1H3. The molecule has 1 amide bonds. The number of nitrogens with zero attached hydrogens (tertiary/aromatic N) is 1. The summed E-state index contributed by atoms with van der Waals surface area (Å²) in [5.41, 5.74) is 7.43. The topological polar surface area (TPSA) is 50.5 Å². The maximum atomic E-state index is 13.8. The quantitative estimate of drug-likeness (QED) is 0.236. The van der Waals surface area contributed by atoms with Crippen LogP contribution in [0.2, 0.25) is 5.02 Å². The lowest BCUT2D eigenvalue weighted by Gasteiger charge is -2.30. The van der Waals surface area contributed by atoms with E-state index >= 15 is 0 Å². The van der Waals surface area contributed by atoms with Gasteiger partial charge in [-0.05, 0) is 71.8 Å². The summed E-state index contributed by atoms with van der Waals surface area (Å²) in [6, 6.07) is 29.2. The van der Waals surface area contributed by atoms with E-state index in [4.69, 9.17) is 16.0 Å². The molecule has 0 spiro atoms. The van der Waals surface area contributed by atoms with Crippen LogP contribution in [0.25, 0.3) is 33.2 Å². The minimum absolute atomic E-state index is 0.103. The first kappa shape index (κ1) is 23.3. The van der Waals surface area contributed by atoms with E-state index in [1.165, 1.54) is 6.07 Å². The number of hydrogen-bond donors (Lipinski definition) is 0. The van der Waals surface area contributed by atoms with Gasteiger partial charge in [-0.25, -0.2) is 4.79 Å². The van der Waals surface area contributed by atoms with Crippen LogP contribution in [0.1, 0.15) is 27.9 Å². The van der Waals surface area contributed by atoms with E-state index in [9.17, 15) is 9.59 Å². The fraction of sp³-hybridized carbons (Fsp3) is 0.125. The Hall–Kier alpha value is -4.15. The largest absolute Gasteiger partial charge is 0.423 e. The van der Waals surface area contributed by atoms with E-state index < -0.39 is 0 Å². The van der Waals surface area contributed by atoms with Crippen LogP contribution in [0.15, 0.2) is 100 Å². The Kier molecular flexibility index (Phi) is 5.90. The van der Waals surface area contributed by atoms with E-state index in [1.54, 1.807) is 17.0 Å². The van der Waals surface area contributed by atoms with Crippen molar-refractivity contribution in [1.82, 2.24) is 0 Å². The molecule has 2 heterocycles. The van der Waals surface area contributed by atoms with Gasteiger partial charge < -0.3 is 9.32 Å². The number of carbonyl (C=O) groups excluding carboxylic acids is 1. The maximum Gasteiger partial charge on any atom is 0.336 e. The maximum absolute atomic E-state index is 13.8. The van der Waals surface area contributed by atoms with Gasteiger partial charge in [0.05, 0.1) is 5.69 Å². The molecule has 0 atom stereocenters. The third-order valence-corrected chi connectivity index (χ3v) is 7.36. The molecule has 0 saturated carbocycles. The SMILES string of the molecule is Cc1cc(=O)oc2cc3c(cc12)CCCN3C(=O)c1ccc(Cl)c(-c2ccc(-c3ccccc3)cc2)c1. The first-order valence-electron chi connectivity index (χ1n) is 12.3. The van der Waals surface area contributed by atoms with Crippen molar-refractivity contribution in [2.75, 3.05) is 11.4 Å². The highest BCUT2D eigenvalue weighted by molar-refractivity contribution is 6.33. The summed E-state index contributed by atoms with van der Waals surface area (Å²) in [7, 11) is 0. The molecule has 4 aromatic carbocycles. The number of aryl methyl sites for hydroxylation is 2. The van der Waals surface area contributed by atoms with Crippen LogP contribution in [0.4, 0.5) is 5.69 Å². The number of anilines is 1. The Morgan fingerprint density at radius 3 is 2.38 bits per heavy atom. The van der Waals surface area contributed by atoms with Crippen molar-refractivity contribution in [3.05, 3.63) is 123 Å². The molecule has 6 rings (SSSR count). The number of halogens is 1. The van der Waals surface area contributed by atoms with Crippen LogP contribution < -0.4 is 10.5 Å². The number of rotatable bonds is 3. The third kappa shape index (κ3) is 4.34. The molecule has 0 N–H and O–H groups in total. The van der Waals surface area contributed by atoms with Gasteiger partial charge in [0.1, 0.15) is 5.58 Å². The Bertz CT molecular complexity index is 1710. The van der Waals surface area contributed by atoms with Crippen LogP contribution in [-0.4, -0.2) is 12.5 Å². The smallest absolute Gasteiger partial charge is 0.336 e. The van der Waals surface area contributed by atoms with Crippen LogP contribution in [0, 0.1) is 6.92 Å². The average molecular weight is 506 g/mol. The molecular formula is C32H24ClNO3. The number of hydrogen-bond acceptors (Lipinski definition) is 3. The van der Waals surface area contributed by atoms with Gasteiger partial charge in [-0.1, -0.05) is 66.2 Å². The Morgan fingerprint density at radius 1 is 0.865 bits per heavy atom. The number of carbonyl (C=O) groups is 1. The first-order chi connectivity index (χ1) is 18.0. The molecule has 0 unspecified atom stereocenters. The molecule has 1 aliphatic rings. The van der Waals surface area contributed by atoms with Crippen molar-refractivity contribution in [1.29, 1.82) is 0 Å². The Balaban J connectivity index is 1.36. The summed E-state index contributed by atoms with van der Waals surface area (Å²) in [5, 5.41) is 1.49. The highest BCUT2D eigenvalue weighted by Crippen LogP contribution is 2.35. The predicted octanol–water partition coefficient (Wildman–Crippen LogP) is 7.68. The second kappa shape index (κ2) is 9.38. The molecule has 0 aliphatic carbocycles. The molecular weight excluding hydrogens is 482 g/mol. The Labute approximate surface area is 219 Å². The molecule has 0 bridgehead atoms. The van der Waals surface area contributed by atoms with Crippen LogP contribution in [-0.2, 0) is 6.42 Å². The van der Waals surface area contributed by atoms with Gasteiger partial charge in [-0.2, -0.15) is 0 Å². The van der Waals surface area contributed by atoms with Gasteiger partial charge in [0.2, 0.25) is 0 Å². The molecule has 5 heteroatoms. The van der Waals surface area contributed by atoms with Crippen molar-refractivity contribution < 1.29 is 9.21 Å². The van der Waals surface area contributed by atoms with Crippen molar-refractivity contribution in [2.45, 2.75) is 19.8 Å². The molecule has 5 aromatic rings. The van der Waals surface area contributed by atoms with Crippen LogP contribution in [0.3, 0.4) is 0 Å². The van der Waals surface area contributed by atoms with E-state index in [1.807, 2.05) is 55.5 Å². The van der Waals surface area contributed by atoms with Crippen molar-refractivity contribution in [3.63, 3.8) is 0 Å². The summed E-state index contributed by atoms with van der Waals surface area (Å²) < 4.78 is 5.47. The number of benzene rings is 4. The molecule has 0 radical (unpaired) electrons. The zero-order valence-electron chi connectivity index (χ0n) is 20.3. The van der Waals surface area contributed by atoms with E-state index in [0.717, 1.165) is 57.3 Å². The Morgan fingerprint density at radius 2 is 1.59 bits per heavy atom. The minimum Gasteiger partial charge on any atom is -0.423 e. The zero-order valence-corrected chi connectivity index (χ0v) is 21.1. The average Bonchev–Trinajstić information content (AvgIpc) is 2.92. The second-order valence-electron chi connectivity index (χ2n) is 9.42. The molecule has 37 heavy (non-hydrogen) atoms. The second-order valence-corrected chi connectivity index (χ2v) is 9.83. The highest BCUT2D eigenvalue weighted by Gasteiger charge is 2.25. The lowest BCUT2D eigenvalue weighted by atomic mass is 9.96. The number of fused-ring (bicyclic) bond motifs is 2. The van der Waals surface area contributed by atoms with E-state index in [0.29, 0.717) is 22.7 Å². The third-order valence-electron chi connectivity index (χ3n) is 7.03. The molecule has 1 aliphatic heterocycles. The van der Waals surface area contributed by atoms with Gasteiger partial charge in [0.25, 0.3) is 5.91 Å². The summed E-state index contributed by atoms with van der Waals surface area (Å²) in [6.07, 6.45) is 1.73.